The van der Waals surface area contributed by atoms with Gasteiger partial charge in [-0.3, -0.25) is 0 Å². The van der Waals surface area contributed by atoms with Crippen molar-refractivity contribution >= 4 is 21.5 Å². The highest BCUT2D eigenvalue weighted by Crippen LogP contribution is 2.43. The van der Waals surface area contributed by atoms with E-state index >= 15 is 0 Å². The molecule has 0 fully saturated rings. The fraction of sp³-hybridized carbons (Fsp3) is 0. The lowest BCUT2D eigenvalue weighted by molar-refractivity contribution is 1.18. The van der Waals surface area contributed by atoms with Gasteiger partial charge in [0.2, 0.25) is 0 Å². The van der Waals surface area contributed by atoms with Crippen LogP contribution in [0.3, 0.4) is 0 Å². The second kappa shape index (κ2) is 12.7. The molecule has 2 aromatic heterocycles. The summed E-state index contributed by atoms with van der Waals surface area (Å²) in [6, 6.07) is 58.8. The van der Waals surface area contributed by atoms with Crippen molar-refractivity contribution in [3.05, 3.63) is 182 Å². The molecule has 9 aromatic rings. The van der Waals surface area contributed by atoms with Crippen LogP contribution in [0, 0.1) is 0 Å². The van der Waals surface area contributed by atoms with Crippen LogP contribution in [-0.2, 0) is 0 Å². The van der Waals surface area contributed by atoms with Crippen LogP contribution in [0.4, 0.5) is 0 Å². The van der Waals surface area contributed by atoms with Crippen LogP contribution in [-0.4, -0.2) is 19.9 Å². The first kappa shape index (κ1) is 29.4. The molecule has 0 saturated heterocycles. The van der Waals surface area contributed by atoms with E-state index < -0.39 is 0 Å². The molecule has 4 nitrogen and oxygen atoms in total. The zero-order valence-corrected chi connectivity index (χ0v) is 27.1. The zero-order chi connectivity index (χ0) is 33.3. The molecule has 0 aliphatic heterocycles. The maximum Gasteiger partial charge on any atom is 0.159 e. The summed E-state index contributed by atoms with van der Waals surface area (Å²) in [5, 5.41) is 4.44. The summed E-state index contributed by atoms with van der Waals surface area (Å²) in [7, 11) is 0. The van der Waals surface area contributed by atoms with E-state index in [2.05, 4.69) is 146 Å². The summed E-state index contributed by atoms with van der Waals surface area (Å²) in [4.78, 5) is 19.7. The summed E-state index contributed by atoms with van der Waals surface area (Å²) in [6.45, 7) is 0. The van der Waals surface area contributed by atoms with Crippen LogP contribution in [0.25, 0.3) is 89.1 Å². The fourth-order valence-electron chi connectivity index (χ4n) is 6.84. The Kier molecular flexibility index (Phi) is 7.45. The number of rotatable bonds is 6. The van der Waals surface area contributed by atoms with Crippen molar-refractivity contribution in [2.45, 2.75) is 0 Å². The van der Waals surface area contributed by atoms with Gasteiger partial charge in [-0.15, -0.1) is 0 Å². The van der Waals surface area contributed by atoms with Crippen molar-refractivity contribution in [1.82, 2.24) is 19.9 Å². The third kappa shape index (κ3) is 5.39. The molecule has 0 unspecified atom stereocenters. The highest BCUT2D eigenvalue weighted by Gasteiger charge is 2.19. The van der Waals surface area contributed by atoms with Crippen molar-refractivity contribution in [2.24, 2.45) is 0 Å². The van der Waals surface area contributed by atoms with Crippen molar-refractivity contribution in [3.63, 3.8) is 0 Å². The highest BCUT2D eigenvalue weighted by molar-refractivity contribution is 6.20. The maximum absolute atomic E-state index is 5.16. The molecule has 7 aromatic carbocycles. The van der Waals surface area contributed by atoms with E-state index in [0.29, 0.717) is 11.6 Å². The first-order valence-electron chi connectivity index (χ1n) is 16.7. The Labute approximate surface area is 290 Å². The number of hydrogen-bond donors (Lipinski definition) is 0. The highest BCUT2D eigenvalue weighted by atomic mass is 14.9. The summed E-state index contributed by atoms with van der Waals surface area (Å²) < 4.78 is 0. The Morgan fingerprint density at radius 1 is 0.260 bits per heavy atom. The van der Waals surface area contributed by atoms with Crippen LogP contribution < -0.4 is 0 Å². The number of aromatic nitrogens is 4. The van der Waals surface area contributed by atoms with Gasteiger partial charge in [0.25, 0.3) is 0 Å². The van der Waals surface area contributed by atoms with Crippen LogP contribution >= 0.6 is 0 Å². The van der Waals surface area contributed by atoms with Crippen LogP contribution in [0.2, 0.25) is 0 Å². The van der Waals surface area contributed by atoms with E-state index in [1.165, 1.54) is 11.1 Å². The van der Waals surface area contributed by atoms with E-state index in [0.717, 1.165) is 66.3 Å². The molecule has 234 valence electrons. The van der Waals surface area contributed by atoms with Gasteiger partial charge in [-0.1, -0.05) is 158 Å². The normalized spacial score (nSPS) is 11.2. The minimum Gasteiger partial charge on any atom is -0.237 e. The predicted molar refractivity (Wildman–Crippen MR) is 205 cm³/mol. The average molecular weight is 639 g/mol. The quantitative estimate of drug-likeness (QED) is 0.170. The van der Waals surface area contributed by atoms with Gasteiger partial charge in [0, 0.05) is 34.6 Å². The van der Waals surface area contributed by atoms with Crippen molar-refractivity contribution < 1.29 is 0 Å². The Balaban J connectivity index is 1.15. The minimum absolute atomic E-state index is 0.693. The first-order chi connectivity index (χ1) is 24.8. The van der Waals surface area contributed by atoms with E-state index in [1.54, 1.807) is 0 Å². The van der Waals surface area contributed by atoms with E-state index in [1.807, 2.05) is 36.7 Å². The van der Waals surface area contributed by atoms with Gasteiger partial charge in [0.15, 0.2) is 11.6 Å². The predicted octanol–water partition coefficient (Wildman–Crippen LogP) is 11.6. The lowest BCUT2D eigenvalue weighted by Crippen LogP contribution is -1.97. The standard InChI is InChI=1S/C46H30N4/c1-3-11-31(12-4-1)33-19-23-35(24-20-33)45-47-29-27-41(49-45)43-37-15-7-9-17-39(37)44(40-18-10-8-16-38(40)43)42-28-30-48-46(50-42)36-25-21-34(22-26-36)32-13-5-2-6-14-32/h1-30H. The summed E-state index contributed by atoms with van der Waals surface area (Å²) in [5.74, 6) is 1.39. The summed E-state index contributed by atoms with van der Waals surface area (Å²) >= 11 is 0. The van der Waals surface area contributed by atoms with Gasteiger partial charge < -0.3 is 0 Å². The molecule has 0 radical (unpaired) electrons. The Hall–Kier alpha value is -6.78. The molecular weight excluding hydrogens is 609 g/mol. The molecule has 0 saturated carbocycles. The maximum atomic E-state index is 5.16. The molecule has 50 heavy (non-hydrogen) atoms. The smallest absolute Gasteiger partial charge is 0.159 e. The Morgan fingerprint density at radius 2 is 0.560 bits per heavy atom. The Morgan fingerprint density at radius 3 is 0.920 bits per heavy atom. The van der Waals surface area contributed by atoms with Gasteiger partial charge in [-0.2, -0.15) is 0 Å². The monoisotopic (exact) mass is 638 g/mol. The third-order valence-electron chi connectivity index (χ3n) is 9.26. The fourth-order valence-corrected chi connectivity index (χ4v) is 6.84. The van der Waals surface area contributed by atoms with Gasteiger partial charge in [0.05, 0.1) is 11.4 Å². The summed E-state index contributed by atoms with van der Waals surface area (Å²) in [6.07, 6.45) is 3.72. The third-order valence-corrected chi connectivity index (χ3v) is 9.26. The topological polar surface area (TPSA) is 51.6 Å². The lowest BCUT2D eigenvalue weighted by atomic mass is 9.89. The largest absolute Gasteiger partial charge is 0.237 e. The molecule has 4 heteroatoms. The average Bonchev–Trinajstić information content (AvgIpc) is 3.21. The van der Waals surface area contributed by atoms with E-state index in [4.69, 9.17) is 19.9 Å². The van der Waals surface area contributed by atoms with Crippen LogP contribution in [0.15, 0.2) is 182 Å². The SMILES string of the molecule is c1ccc(-c2ccc(-c3nccc(-c4c5ccccc5c(-c5ccnc(-c6ccc(-c7ccccc7)cc6)n5)c5ccccc45)n3)cc2)cc1. The molecule has 0 atom stereocenters. The molecule has 0 aliphatic carbocycles. The number of hydrogen-bond acceptors (Lipinski definition) is 4. The number of nitrogens with zero attached hydrogens (tertiary/aromatic N) is 4. The van der Waals surface area contributed by atoms with Gasteiger partial charge in [0.1, 0.15) is 0 Å². The molecule has 0 N–H and O–H groups in total. The molecule has 0 amide bonds. The second-order valence-electron chi connectivity index (χ2n) is 12.3. The number of benzene rings is 7. The summed E-state index contributed by atoms with van der Waals surface area (Å²) in [5.41, 5.74) is 10.6. The molecule has 0 bridgehead atoms. The van der Waals surface area contributed by atoms with Gasteiger partial charge >= 0.3 is 0 Å². The molecular formula is C46H30N4. The molecule has 0 spiro atoms. The first-order valence-corrected chi connectivity index (χ1v) is 16.7. The van der Waals surface area contributed by atoms with Crippen LogP contribution in [0.1, 0.15) is 0 Å². The zero-order valence-electron chi connectivity index (χ0n) is 27.1. The number of fused-ring (bicyclic) bond motifs is 2. The molecule has 2 heterocycles. The van der Waals surface area contributed by atoms with E-state index in [9.17, 15) is 0 Å². The van der Waals surface area contributed by atoms with Crippen molar-refractivity contribution in [1.29, 1.82) is 0 Å². The van der Waals surface area contributed by atoms with Gasteiger partial charge in [-0.05, 0) is 55.9 Å². The van der Waals surface area contributed by atoms with E-state index in [-0.39, 0.29) is 0 Å². The molecule has 0 aliphatic rings. The van der Waals surface area contributed by atoms with Crippen molar-refractivity contribution in [2.75, 3.05) is 0 Å². The second-order valence-corrected chi connectivity index (χ2v) is 12.3. The minimum atomic E-state index is 0.693. The van der Waals surface area contributed by atoms with Crippen LogP contribution in [0.5, 0.6) is 0 Å². The Bertz CT molecular complexity index is 2370. The van der Waals surface area contributed by atoms with Crippen molar-refractivity contribution in [3.8, 4) is 67.5 Å². The molecule has 9 rings (SSSR count). The van der Waals surface area contributed by atoms with Gasteiger partial charge in [-0.25, -0.2) is 19.9 Å². The lowest BCUT2D eigenvalue weighted by Gasteiger charge is -2.17.